The first-order valence-corrected chi connectivity index (χ1v) is 11.3. The van der Waals surface area contributed by atoms with Gasteiger partial charge in [0.05, 0.1) is 0 Å². The fourth-order valence-corrected chi connectivity index (χ4v) is 4.70. The third kappa shape index (κ3) is 6.85. The van der Waals surface area contributed by atoms with Gasteiger partial charge >= 0.3 is 0 Å². The Balaban J connectivity index is 1.51. The third-order valence-electron chi connectivity index (χ3n) is 5.09. The maximum atomic E-state index is 3.78. The van der Waals surface area contributed by atoms with Crippen LogP contribution in [0.4, 0.5) is 0 Å². The molecule has 0 aliphatic rings. The van der Waals surface area contributed by atoms with E-state index in [0.29, 0.717) is 11.3 Å². The van der Waals surface area contributed by atoms with E-state index in [1.165, 1.54) is 28.9 Å². The lowest BCUT2D eigenvalue weighted by atomic mass is 10.0. The van der Waals surface area contributed by atoms with Crippen LogP contribution in [0, 0.1) is 0 Å². The lowest BCUT2D eigenvalue weighted by Crippen LogP contribution is -2.31. The molecule has 0 radical (unpaired) electrons. The molecule has 1 nitrogen and oxygen atoms in total. The monoisotopic (exact) mass is 389 g/mol. The van der Waals surface area contributed by atoms with Crippen molar-refractivity contribution in [3.8, 4) is 0 Å². The first-order chi connectivity index (χ1) is 13.8. The minimum absolute atomic E-state index is 0.500. The summed E-state index contributed by atoms with van der Waals surface area (Å²) in [6.07, 6.45) is 4.64. The standard InChI is InChI=1S/C26H31NS/c1-2-24(21-22-13-6-3-7-14-22)27-20-12-19-26(23-15-8-4-9-16-23)28-25-17-10-5-11-18-25/h3-11,13-18,24,26-27H,2,12,19-21H2,1H3. The van der Waals surface area contributed by atoms with Crippen LogP contribution in [-0.4, -0.2) is 12.6 Å². The van der Waals surface area contributed by atoms with Gasteiger partial charge in [-0.1, -0.05) is 85.8 Å². The molecule has 0 spiro atoms. The fourth-order valence-electron chi connectivity index (χ4n) is 3.48. The van der Waals surface area contributed by atoms with Crippen molar-refractivity contribution in [2.24, 2.45) is 0 Å². The lowest BCUT2D eigenvalue weighted by molar-refractivity contribution is 0.482. The lowest BCUT2D eigenvalue weighted by Gasteiger charge is -2.20. The predicted octanol–water partition coefficient (Wildman–Crippen LogP) is 6.91. The number of hydrogen-bond acceptors (Lipinski definition) is 2. The van der Waals surface area contributed by atoms with Crippen LogP contribution in [0.3, 0.4) is 0 Å². The van der Waals surface area contributed by atoms with Crippen molar-refractivity contribution in [1.29, 1.82) is 0 Å². The van der Waals surface area contributed by atoms with E-state index in [9.17, 15) is 0 Å². The summed E-state index contributed by atoms with van der Waals surface area (Å²) in [7, 11) is 0. The maximum Gasteiger partial charge on any atom is 0.0345 e. The van der Waals surface area contributed by atoms with E-state index < -0.39 is 0 Å². The number of benzene rings is 3. The van der Waals surface area contributed by atoms with E-state index in [2.05, 4.69) is 103 Å². The molecule has 28 heavy (non-hydrogen) atoms. The topological polar surface area (TPSA) is 12.0 Å². The highest BCUT2D eigenvalue weighted by Crippen LogP contribution is 2.38. The molecule has 146 valence electrons. The van der Waals surface area contributed by atoms with Crippen molar-refractivity contribution >= 4 is 11.8 Å². The van der Waals surface area contributed by atoms with Crippen LogP contribution in [0.15, 0.2) is 95.9 Å². The average Bonchev–Trinajstić information content (AvgIpc) is 2.77. The normalized spacial score (nSPS) is 13.2. The molecule has 0 aliphatic heterocycles. The predicted molar refractivity (Wildman–Crippen MR) is 123 cm³/mol. The molecule has 0 saturated heterocycles. The van der Waals surface area contributed by atoms with Gasteiger partial charge in [0.15, 0.2) is 0 Å². The summed E-state index contributed by atoms with van der Waals surface area (Å²) in [5.74, 6) is 0. The van der Waals surface area contributed by atoms with Crippen molar-refractivity contribution in [1.82, 2.24) is 5.32 Å². The second-order valence-corrected chi connectivity index (χ2v) is 8.50. The highest BCUT2D eigenvalue weighted by molar-refractivity contribution is 7.99. The number of nitrogens with one attached hydrogen (secondary N) is 1. The molecule has 3 aromatic rings. The van der Waals surface area contributed by atoms with E-state index >= 15 is 0 Å². The van der Waals surface area contributed by atoms with Crippen molar-refractivity contribution < 1.29 is 0 Å². The van der Waals surface area contributed by atoms with E-state index in [0.717, 1.165) is 19.4 Å². The van der Waals surface area contributed by atoms with Crippen LogP contribution in [-0.2, 0) is 6.42 Å². The first-order valence-electron chi connectivity index (χ1n) is 10.4. The van der Waals surface area contributed by atoms with Gasteiger partial charge in [0, 0.05) is 16.2 Å². The number of rotatable bonds is 11. The summed E-state index contributed by atoms with van der Waals surface area (Å²) in [5.41, 5.74) is 2.84. The van der Waals surface area contributed by atoms with Crippen LogP contribution in [0.5, 0.6) is 0 Å². The maximum absolute atomic E-state index is 3.78. The van der Waals surface area contributed by atoms with Gasteiger partial charge in [0.25, 0.3) is 0 Å². The molecular weight excluding hydrogens is 358 g/mol. The highest BCUT2D eigenvalue weighted by Gasteiger charge is 2.13. The zero-order chi connectivity index (χ0) is 19.4. The van der Waals surface area contributed by atoms with Crippen molar-refractivity contribution in [3.63, 3.8) is 0 Å². The zero-order valence-electron chi connectivity index (χ0n) is 16.8. The van der Waals surface area contributed by atoms with Gasteiger partial charge in [-0.05, 0) is 55.5 Å². The van der Waals surface area contributed by atoms with Crippen LogP contribution >= 0.6 is 11.8 Å². The Morgan fingerprint density at radius 2 is 1.39 bits per heavy atom. The van der Waals surface area contributed by atoms with Gasteiger partial charge in [-0.25, -0.2) is 0 Å². The number of thioether (sulfide) groups is 1. The van der Waals surface area contributed by atoms with Gasteiger partial charge in [-0.2, -0.15) is 0 Å². The summed E-state index contributed by atoms with van der Waals surface area (Å²) in [5, 5.41) is 4.28. The van der Waals surface area contributed by atoms with Gasteiger partial charge in [-0.15, -0.1) is 11.8 Å². The van der Waals surface area contributed by atoms with E-state index in [-0.39, 0.29) is 0 Å². The molecule has 0 aliphatic carbocycles. The molecule has 1 N–H and O–H groups in total. The van der Waals surface area contributed by atoms with Gasteiger partial charge in [0.1, 0.15) is 0 Å². The number of hydrogen-bond donors (Lipinski definition) is 1. The summed E-state index contributed by atoms with van der Waals surface area (Å²) in [6.45, 7) is 3.35. The second kappa shape index (κ2) is 11.7. The molecule has 0 fully saturated rings. The summed E-state index contributed by atoms with van der Waals surface area (Å²) < 4.78 is 0. The van der Waals surface area contributed by atoms with Crippen molar-refractivity contribution in [3.05, 3.63) is 102 Å². The van der Waals surface area contributed by atoms with Crippen LogP contribution in [0.1, 0.15) is 42.6 Å². The quantitative estimate of drug-likeness (QED) is 0.282. The van der Waals surface area contributed by atoms with Gasteiger partial charge in [0.2, 0.25) is 0 Å². The SMILES string of the molecule is CCC(Cc1ccccc1)NCCCC(Sc1ccccc1)c1ccccc1. The molecule has 0 heterocycles. The third-order valence-corrected chi connectivity index (χ3v) is 6.42. The fraction of sp³-hybridized carbons (Fsp3) is 0.308. The molecular formula is C26H31NS. The highest BCUT2D eigenvalue weighted by atomic mass is 32.2. The molecule has 3 rings (SSSR count). The van der Waals surface area contributed by atoms with Crippen LogP contribution < -0.4 is 5.32 Å². The Labute approximate surface area is 174 Å². The molecule has 3 aromatic carbocycles. The average molecular weight is 390 g/mol. The Morgan fingerprint density at radius 1 is 0.786 bits per heavy atom. The van der Waals surface area contributed by atoms with Crippen LogP contribution in [0.2, 0.25) is 0 Å². The molecule has 0 bridgehead atoms. The Kier molecular flexibility index (Phi) is 8.67. The molecule has 2 unspecified atom stereocenters. The summed E-state index contributed by atoms with van der Waals surface area (Å²) >= 11 is 1.98. The summed E-state index contributed by atoms with van der Waals surface area (Å²) in [6, 6.07) is 33.1. The van der Waals surface area contributed by atoms with E-state index in [4.69, 9.17) is 0 Å². The minimum Gasteiger partial charge on any atom is -0.314 e. The largest absolute Gasteiger partial charge is 0.314 e. The molecule has 0 aromatic heterocycles. The second-order valence-electron chi connectivity index (χ2n) is 7.22. The molecule has 0 amide bonds. The summed E-state index contributed by atoms with van der Waals surface area (Å²) in [4.78, 5) is 1.35. The van der Waals surface area contributed by atoms with Crippen LogP contribution in [0.25, 0.3) is 0 Å². The van der Waals surface area contributed by atoms with Gasteiger partial charge < -0.3 is 5.32 Å². The minimum atomic E-state index is 0.500. The first kappa shape index (κ1) is 20.7. The van der Waals surface area contributed by atoms with Gasteiger partial charge in [-0.3, -0.25) is 0 Å². The molecule has 2 heteroatoms. The molecule has 0 saturated carbocycles. The van der Waals surface area contributed by atoms with E-state index in [1.54, 1.807) is 0 Å². The smallest absolute Gasteiger partial charge is 0.0345 e. The zero-order valence-corrected chi connectivity index (χ0v) is 17.6. The Bertz CT molecular complexity index is 773. The molecule has 2 atom stereocenters. The Morgan fingerprint density at radius 3 is 2.04 bits per heavy atom. The van der Waals surface area contributed by atoms with E-state index in [1.807, 2.05) is 11.8 Å². The van der Waals surface area contributed by atoms with Crippen molar-refractivity contribution in [2.75, 3.05) is 6.54 Å². The Hall–Kier alpha value is -2.03. The van der Waals surface area contributed by atoms with Crippen molar-refractivity contribution in [2.45, 2.75) is 48.8 Å².